The fraction of sp³-hybridized carbons (Fsp3) is 0.111. The van der Waals surface area contributed by atoms with Crippen molar-refractivity contribution in [3.05, 3.63) is 23.9 Å². The molecule has 1 heterocycles. The van der Waals surface area contributed by atoms with Gasteiger partial charge in [-0.15, -0.1) is 0 Å². The van der Waals surface area contributed by atoms with Gasteiger partial charge in [-0.2, -0.15) is 10.4 Å². The van der Waals surface area contributed by atoms with Crippen LogP contribution in [0.25, 0.3) is 10.9 Å². The number of fused-ring (bicyclic) bond motifs is 1. The second-order valence-corrected chi connectivity index (χ2v) is 2.76. The Balaban J connectivity index is 2.99. The van der Waals surface area contributed by atoms with Crippen molar-refractivity contribution in [2.45, 2.75) is 0 Å². The largest absolute Gasteiger partial charge is 0.507 e. The average molecular weight is 173 g/mol. The first-order chi connectivity index (χ1) is 6.24. The van der Waals surface area contributed by atoms with Gasteiger partial charge in [-0.05, 0) is 12.1 Å². The lowest BCUT2D eigenvalue weighted by Crippen LogP contribution is -1.88. The standard InChI is InChI=1S/C9H7N3O/c1-12-7-3-2-4-8(13)9(7)6(5-10)11-12/h2-4,13H,1H3. The number of phenols is 1. The molecule has 2 aromatic rings. The molecule has 0 atom stereocenters. The van der Waals surface area contributed by atoms with E-state index in [2.05, 4.69) is 5.10 Å². The van der Waals surface area contributed by atoms with E-state index in [1.165, 1.54) is 0 Å². The van der Waals surface area contributed by atoms with Crippen molar-refractivity contribution in [2.24, 2.45) is 7.05 Å². The van der Waals surface area contributed by atoms with Gasteiger partial charge in [0.2, 0.25) is 0 Å². The maximum Gasteiger partial charge on any atom is 0.174 e. The van der Waals surface area contributed by atoms with Crippen LogP contribution in [-0.2, 0) is 7.05 Å². The van der Waals surface area contributed by atoms with E-state index in [1.54, 1.807) is 23.9 Å². The van der Waals surface area contributed by atoms with E-state index in [0.29, 0.717) is 5.39 Å². The van der Waals surface area contributed by atoms with Crippen LogP contribution in [0.2, 0.25) is 0 Å². The first-order valence-corrected chi connectivity index (χ1v) is 3.79. The van der Waals surface area contributed by atoms with Crippen LogP contribution in [0.4, 0.5) is 0 Å². The Hall–Kier alpha value is -2.02. The summed E-state index contributed by atoms with van der Waals surface area (Å²) in [5.41, 5.74) is 1.02. The number of nitrogens with zero attached hydrogens (tertiary/aromatic N) is 3. The maximum absolute atomic E-state index is 9.49. The van der Waals surface area contributed by atoms with Gasteiger partial charge >= 0.3 is 0 Å². The molecule has 0 saturated heterocycles. The van der Waals surface area contributed by atoms with Crippen LogP contribution in [-0.4, -0.2) is 14.9 Å². The van der Waals surface area contributed by atoms with Crippen molar-refractivity contribution in [3.8, 4) is 11.8 Å². The fourth-order valence-corrected chi connectivity index (χ4v) is 1.37. The van der Waals surface area contributed by atoms with Crippen LogP contribution in [0.15, 0.2) is 18.2 Å². The van der Waals surface area contributed by atoms with E-state index in [9.17, 15) is 5.11 Å². The molecule has 0 aliphatic carbocycles. The van der Waals surface area contributed by atoms with Gasteiger partial charge in [0.05, 0.1) is 10.9 Å². The zero-order chi connectivity index (χ0) is 9.42. The highest BCUT2D eigenvalue weighted by molar-refractivity contribution is 5.89. The van der Waals surface area contributed by atoms with Gasteiger partial charge < -0.3 is 5.11 Å². The molecule has 0 aliphatic rings. The minimum Gasteiger partial charge on any atom is -0.507 e. The highest BCUT2D eigenvalue weighted by Gasteiger charge is 2.10. The summed E-state index contributed by atoms with van der Waals surface area (Å²) < 4.78 is 1.58. The van der Waals surface area contributed by atoms with Crippen LogP contribution in [0.3, 0.4) is 0 Å². The van der Waals surface area contributed by atoms with E-state index in [1.807, 2.05) is 12.1 Å². The quantitative estimate of drug-likeness (QED) is 0.650. The number of nitriles is 1. The molecule has 0 spiro atoms. The minimum absolute atomic E-state index is 0.0992. The zero-order valence-corrected chi connectivity index (χ0v) is 7.02. The molecule has 1 N–H and O–H groups in total. The van der Waals surface area contributed by atoms with Crippen LogP contribution in [0.1, 0.15) is 5.69 Å². The van der Waals surface area contributed by atoms with Gasteiger partial charge in [0.1, 0.15) is 11.8 Å². The van der Waals surface area contributed by atoms with E-state index in [0.717, 1.165) is 5.52 Å². The number of rotatable bonds is 0. The molecule has 2 rings (SSSR count). The fourth-order valence-electron chi connectivity index (χ4n) is 1.37. The number of hydrogen-bond acceptors (Lipinski definition) is 3. The van der Waals surface area contributed by atoms with E-state index >= 15 is 0 Å². The Morgan fingerprint density at radius 1 is 1.54 bits per heavy atom. The predicted octanol–water partition coefficient (Wildman–Crippen LogP) is 1.15. The molecule has 64 valence electrons. The van der Waals surface area contributed by atoms with Crippen LogP contribution < -0.4 is 0 Å². The summed E-state index contributed by atoms with van der Waals surface area (Å²) in [5, 5.41) is 22.7. The first kappa shape index (κ1) is 7.62. The molecule has 0 amide bonds. The smallest absolute Gasteiger partial charge is 0.174 e. The Morgan fingerprint density at radius 2 is 2.31 bits per heavy atom. The number of aromatic nitrogens is 2. The third kappa shape index (κ3) is 0.942. The minimum atomic E-state index is 0.0992. The molecule has 0 fully saturated rings. The van der Waals surface area contributed by atoms with Crippen molar-refractivity contribution in [1.82, 2.24) is 9.78 Å². The Bertz CT molecular complexity index is 507. The van der Waals surface area contributed by atoms with Crippen molar-refractivity contribution in [3.63, 3.8) is 0 Å². The lowest BCUT2D eigenvalue weighted by atomic mass is 10.2. The van der Waals surface area contributed by atoms with Crippen LogP contribution >= 0.6 is 0 Å². The Kier molecular flexibility index (Phi) is 1.46. The lowest BCUT2D eigenvalue weighted by molar-refractivity contribution is 0.481. The molecule has 4 heteroatoms. The highest BCUT2D eigenvalue weighted by Crippen LogP contribution is 2.26. The van der Waals surface area contributed by atoms with Crippen LogP contribution in [0.5, 0.6) is 5.75 Å². The second kappa shape index (κ2) is 2.49. The molecular weight excluding hydrogens is 166 g/mol. The second-order valence-electron chi connectivity index (χ2n) is 2.76. The van der Waals surface area contributed by atoms with Crippen molar-refractivity contribution in [2.75, 3.05) is 0 Å². The normalized spacial score (nSPS) is 10.2. The third-order valence-electron chi connectivity index (χ3n) is 1.96. The lowest BCUT2D eigenvalue weighted by Gasteiger charge is -1.94. The molecular formula is C9H7N3O. The van der Waals surface area contributed by atoms with E-state index in [4.69, 9.17) is 5.26 Å². The van der Waals surface area contributed by atoms with Crippen LogP contribution in [0, 0.1) is 11.3 Å². The predicted molar refractivity (Wildman–Crippen MR) is 47.1 cm³/mol. The molecule has 0 unspecified atom stereocenters. The Labute approximate surface area is 74.6 Å². The van der Waals surface area contributed by atoms with Gasteiger partial charge in [0.15, 0.2) is 5.69 Å². The van der Waals surface area contributed by atoms with Gasteiger partial charge in [0, 0.05) is 7.05 Å². The third-order valence-corrected chi connectivity index (χ3v) is 1.96. The highest BCUT2D eigenvalue weighted by atomic mass is 16.3. The summed E-state index contributed by atoms with van der Waals surface area (Å²) in [5.74, 6) is 0.0992. The summed E-state index contributed by atoms with van der Waals surface area (Å²) >= 11 is 0. The summed E-state index contributed by atoms with van der Waals surface area (Å²) in [6.07, 6.45) is 0. The average Bonchev–Trinajstić information content (AvgIpc) is 2.45. The monoisotopic (exact) mass is 173 g/mol. The number of aromatic hydroxyl groups is 1. The number of benzene rings is 1. The topological polar surface area (TPSA) is 61.8 Å². The maximum atomic E-state index is 9.49. The first-order valence-electron chi connectivity index (χ1n) is 3.79. The number of phenolic OH excluding ortho intramolecular Hbond substituents is 1. The summed E-state index contributed by atoms with van der Waals surface area (Å²) in [4.78, 5) is 0. The summed E-state index contributed by atoms with van der Waals surface area (Å²) in [7, 11) is 1.74. The van der Waals surface area contributed by atoms with Crippen molar-refractivity contribution < 1.29 is 5.11 Å². The molecule has 4 nitrogen and oxygen atoms in total. The number of hydrogen-bond donors (Lipinski definition) is 1. The van der Waals surface area contributed by atoms with E-state index in [-0.39, 0.29) is 11.4 Å². The van der Waals surface area contributed by atoms with Gasteiger partial charge in [0.25, 0.3) is 0 Å². The van der Waals surface area contributed by atoms with Gasteiger partial charge in [-0.3, -0.25) is 4.68 Å². The molecule has 13 heavy (non-hydrogen) atoms. The summed E-state index contributed by atoms with van der Waals surface area (Å²) in [6, 6.07) is 7.02. The molecule has 1 aromatic carbocycles. The molecule has 0 bridgehead atoms. The van der Waals surface area contributed by atoms with Gasteiger partial charge in [-0.1, -0.05) is 6.07 Å². The molecule has 1 aromatic heterocycles. The van der Waals surface area contributed by atoms with Crippen molar-refractivity contribution >= 4 is 10.9 Å². The molecule has 0 aliphatic heterocycles. The van der Waals surface area contributed by atoms with E-state index < -0.39 is 0 Å². The van der Waals surface area contributed by atoms with Gasteiger partial charge in [-0.25, -0.2) is 0 Å². The Morgan fingerprint density at radius 3 is 3.00 bits per heavy atom. The SMILES string of the molecule is Cn1nc(C#N)c2c(O)cccc21. The van der Waals surface area contributed by atoms with Crippen molar-refractivity contribution in [1.29, 1.82) is 5.26 Å². The zero-order valence-electron chi connectivity index (χ0n) is 7.02. The number of aryl methyl sites for hydroxylation is 1. The summed E-state index contributed by atoms with van der Waals surface area (Å²) in [6.45, 7) is 0. The molecule has 0 saturated carbocycles. The molecule has 0 radical (unpaired) electrons.